The maximum absolute atomic E-state index is 10.4. The first-order valence-corrected chi connectivity index (χ1v) is 4.43. The molecule has 5 heteroatoms. The molecule has 0 spiro atoms. The molecular weight excluding hydrogens is 150 g/mol. The third kappa shape index (κ3) is 12.4. The van der Waals surface area contributed by atoms with Gasteiger partial charge in [0.1, 0.15) is 0 Å². The molecule has 0 rings (SSSR count). The largest absolute Gasteiger partial charge is 1.00 e. The molecule has 0 bridgehead atoms. The van der Waals surface area contributed by atoms with Crippen LogP contribution in [0.3, 0.4) is 0 Å². The van der Waals surface area contributed by atoms with Crippen molar-refractivity contribution in [3.63, 3.8) is 0 Å². The summed E-state index contributed by atoms with van der Waals surface area (Å²) in [5.74, 6) is 0. The second-order valence-electron chi connectivity index (χ2n) is 1.96. The molecule has 1 unspecified atom stereocenters. The summed E-state index contributed by atoms with van der Waals surface area (Å²) < 4.78 is 14.9. The third-order valence-electron chi connectivity index (χ3n) is 0.406. The van der Waals surface area contributed by atoms with Crippen LogP contribution in [0.5, 0.6) is 0 Å². The van der Waals surface area contributed by atoms with Crippen LogP contribution in [0.15, 0.2) is 0 Å². The van der Waals surface area contributed by atoms with Crippen molar-refractivity contribution in [1.82, 2.24) is 0 Å². The molecule has 0 aliphatic heterocycles. The molecule has 0 heterocycles. The average molecular weight is 161 g/mol. The number of hydrogen-bond donors (Lipinski definition) is 1. The summed E-state index contributed by atoms with van der Waals surface area (Å²) in [7, 11) is -3.22. The summed E-state index contributed by atoms with van der Waals surface area (Å²) in [4.78, 5) is 8.52. The molecule has 3 nitrogen and oxygen atoms in total. The van der Waals surface area contributed by atoms with Gasteiger partial charge in [0.05, 0.1) is 6.10 Å². The Labute approximate surface area is 77.6 Å². The Hall–Kier alpha value is 1.15. The molecule has 1 atom stereocenters. The Morgan fingerprint density at radius 1 is 1.56 bits per heavy atom. The van der Waals surface area contributed by atoms with E-state index in [4.69, 9.17) is 4.89 Å². The van der Waals surface area contributed by atoms with E-state index in [0.29, 0.717) is 0 Å². The van der Waals surface area contributed by atoms with Crippen molar-refractivity contribution in [2.75, 3.05) is 6.66 Å². The van der Waals surface area contributed by atoms with Crippen LogP contribution in [0, 0.1) is 0 Å². The monoisotopic (exact) mass is 161 g/mol. The van der Waals surface area contributed by atoms with Crippen LogP contribution in [0.4, 0.5) is 0 Å². The van der Waals surface area contributed by atoms with Crippen molar-refractivity contribution in [3.05, 3.63) is 0 Å². The standard InChI is InChI=1S/C4H11O3P.Na/c1-4(2)7-8(3,5)6;/h4H,1-3H3,(H,5,6);/q;+1. The molecule has 0 aromatic heterocycles. The van der Waals surface area contributed by atoms with Gasteiger partial charge in [0.25, 0.3) is 0 Å². The van der Waals surface area contributed by atoms with Crippen molar-refractivity contribution in [2.24, 2.45) is 0 Å². The minimum absolute atomic E-state index is 0. The maximum Gasteiger partial charge on any atom is 1.00 e. The van der Waals surface area contributed by atoms with Gasteiger partial charge < -0.3 is 9.42 Å². The molecule has 0 fully saturated rings. The smallest absolute Gasteiger partial charge is 0.324 e. The summed E-state index contributed by atoms with van der Waals surface area (Å²) in [5.41, 5.74) is 0. The van der Waals surface area contributed by atoms with Crippen LogP contribution >= 0.6 is 7.60 Å². The first-order chi connectivity index (χ1) is 3.42. The van der Waals surface area contributed by atoms with Gasteiger partial charge in [0, 0.05) is 6.66 Å². The molecule has 0 amide bonds. The fourth-order valence-electron chi connectivity index (χ4n) is 0.391. The van der Waals surface area contributed by atoms with Gasteiger partial charge >= 0.3 is 37.2 Å². The Bertz CT molecular complexity index is 108. The van der Waals surface area contributed by atoms with E-state index in [-0.39, 0.29) is 35.7 Å². The molecule has 50 valence electrons. The third-order valence-corrected chi connectivity index (χ3v) is 1.22. The fourth-order valence-corrected chi connectivity index (χ4v) is 1.17. The van der Waals surface area contributed by atoms with Gasteiger partial charge in [-0.05, 0) is 13.8 Å². The molecular formula is C4H11NaO3P+. The van der Waals surface area contributed by atoms with Crippen molar-refractivity contribution >= 4 is 7.60 Å². The van der Waals surface area contributed by atoms with E-state index in [1.54, 1.807) is 13.8 Å². The van der Waals surface area contributed by atoms with E-state index < -0.39 is 7.60 Å². The Morgan fingerprint density at radius 3 is 1.89 bits per heavy atom. The first-order valence-electron chi connectivity index (χ1n) is 2.40. The van der Waals surface area contributed by atoms with Gasteiger partial charge in [-0.2, -0.15) is 0 Å². The average Bonchev–Trinajstić information content (AvgIpc) is 1.21. The summed E-state index contributed by atoms with van der Waals surface area (Å²) in [5, 5.41) is 0. The van der Waals surface area contributed by atoms with Crippen molar-refractivity contribution in [2.45, 2.75) is 20.0 Å². The van der Waals surface area contributed by atoms with Crippen LogP contribution in [-0.4, -0.2) is 17.7 Å². The summed E-state index contributed by atoms with van der Waals surface area (Å²) in [6.07, 6.45) is -0.171. The molecule has 0 aliphatic carbocycles. The van der Waals surface area contributed by atoms with Gasteiger partial charge in [-0.25, -0.2) is 0 Å². The second kappa shape index (κ2) is 4.89. The van der Waals surface area contributed by atoms with Crippen molar-refractivity contribution in [1.29, 1.82) is 0 Å². The number of rotatable bonds is 2. The van der Waals surface area contributed by atoms with E-state index in [0.717, 1.165) is 0 Å². The fraction of sp³-hybridized carbons (Fsp3) is 1.00. The molecule has 0 aromatic rings. The van der Waals surface area contributed by atoms with Gasteiger partial charge in [-0.1, -0.05) is 0 Å². The minimum Gasteiger partial charge on any atom is -0.324 e. The van der Waals surface area contributed by atoms with Crippen molar-refractivity contribution < 1.29 is 43.5 Å². The maximum atomic E-state index is 10.4. The first kappa shape index (κ1) is 12.8. The van der Waals surface area contributed by atoms with E-state index in [9.17, 15) is 4.57 Å². The van der Waals surface area contributed by atoms with Crippen LogP contribution in [0.25, 0.3) is 0 Å². The molecule has 0 radical (unpaired) electrons. The molecule has 1 N–H and O–H groups in total. The zero-order valence-electron chi connectivity index (χ0n) is 6.29. The zero-order chi connectivity index (χ0) is 6.78. The Kier molecular flexibility index (Phi) is 6.95. The van der Waals surface area contributed by atoms with E-state index in [1.807, 2.05) is 0 Å². The SMILES string of the molecule is CC(C)OP(C)(=O)O.[Na+]. The van der Waals surface area contributed by atoms with Crippen molar-refractivity contribution in [3.8, 4) is 0 Å². The molecule has 0 aromatic carbocycles. The van der Waals surface area contributed by atoms with E-state index in [1.165, 1.54) is 6.66 Å². The Morgan fingerprint density at radius 2 is 1.89 bits per heavy atom. The second-order valence-corrected chi connectivity index (χ2v) is 3.77. The van der Waals surface area contributed by atoms with E-state index >= 15 is 0 Å². The minimum atomic E-state index is -3.22. The quantitative estimate of drug-likeness (QED) is 0.385. The predicted octanol–water partition coefficient (Wildman–Crippen LogP) is -1.77. The molecule has 0 saturated heterocycles. The summed E-state index contributed by atoms with van der Waals surface area (Å²) in [6, 6.07) is 0. The summed E-state index contributed by atoms with van der Waals surface area (Å²) >= 11 is 0. The zero-order valence-corrected chi connectivity index (χ0v) is 9.18. The predicted molar refractivity (Wildman–Crippen MR) is 32.0 cm³/mol. The van der Waals surface area contributed by atoms with Crippen LogP contribution in [0.2, 0.25) is 0 Å². The molecule has 0 aliphatic rings. The van der Waals surface area contributed by atoms with Gasteiger partial charge in [0.15, 0.2) is 0 Å². The summed E-state index contributed by atoms with van der Waals surface area (Å²) in [6.45, 7) is 4.60. The topological polar surface area (TPSA) is 46.5 Å². The van der Waals surface area contributed by atoms with Crippen LogP contribution in [-0.2, 0) is 9.09 Å². The van der Waals surface area contributed by atoms with Crippen LogP contribution in [0.1, 0.15) is 13.8 Å². The van der Waals surface area contributed by atoms with Gasteiger partial charge in [0.2, 0.25) is 0 Å². The van der Waals surface area contributed by atoms with Gasteiger partial charge in [-0.3, -0.25) is 4.57 Å². The number of hydrogen-bond acceptors (Lipinski definition) is 2. The molecule has 9 heavy (non-hydrogen) atoms. The Balaban J connectivity index is 0. The van der Waals surface area contributed by atoms with Gasteiger partial charge in [-0.15, -0.1) is 0 Å². The van der Waals surface area contributed by atoms with Crippen LogP contribution < -0.4 is 29.6 Å². The molecule has 0 saturated carbocycles. The normalized spacial score (nSPS) is 16.6. The van der Waals surface area contributed by atoms with E-state index in [2.05, 4.69) is 4.52 Å².